The number of rotatable bonds is 10. The van der Waals surface area contributed by atoms with Crippen LogP contribution >= 0.6 is 24.0 Å². The lowest BCUT2D eigenvalue weighted by molar-refractivity contribution is -0.0520. The van der Waals surface area contributed by atoms with Crippen molar-refractivity contribution in [3.63, 3.8) is 0 Å². The van der Waals surface area contributed by atoms with Crippen LogP contribution in [0.3, 0.4) is 0 Å². The molecular weight excluding hydrogens is 526 g/mol. The van der Waals surface area contributed by atoms with Crippen LogP contribution in [0.1, 0.15) is 31.1 Å². The van der Waals surface area contributed by atoms with Gasteiger partial charge in [-0.15, -0.1) is 24.0 Å². The van der Waals surface area contributed by atoms with Crippen LogP contribution in [0.15, 0.2) is 47.5 Å². The molecule has 0 heterocycles. The Labute approximate surface area is 196 Å². The number of para-hydroxylation sites is 1. The van der Waals surface area contributed by atoms with E-state index in [-0.39, 0.29) is 54.1 Å². The topological polar surface area (TPSA) is 75.1 Å². The fraction of sp³-hybridized carbons (Fsp3) is 0.381. The molecule has 6 nitrogen and oxygen atoms in total. The van der Waals surface area contributed by atoms with Crippen molar-refractivity contribution in [1.29, 1.82) is 0 Å². The third-order valence-electron chi connectivity index (χ3n) is 4.05. The van der Waals surface area contributed by atoms with Crippen molar-refractivity contribution in [2.45, 2.75) is 33.1 Å². The smallest absolute Gasteiger partial charge is 0.387 e. The molecule has 0 saturated carbocycles. The molecule has 10 heteroatoms. The summed E-state index contributed by atoms with van der Waals surface area (Å²) >= 11 is 0. The van der Waals surface area contributed by atoms with Crippen molar-refractivity contribution >= 4 is 29.9 Å². The summed E-state index contributed by atoms with van der Waals surface area (Å²) in [4.78, 5) is 4.35. The zero-order valence-corrected chi connectivity index (χ0v) is 19.6. The van der Waals surface area contributed by atoms with Gasteiger partial charge in [0.05, 0.1) is 19.3 Å². The van der Waals surface area contributed by atoms with Crippen LogP contribution in [0.2, 0.25) is 0 Å². The second-order valence-corrected chi connectivity index (χ2v) is 6.17. The highest BCUT2D eigenvalue weighted by atomic mass is 127. The summed E-state index contributed by atoms with van der Waals surface area (Å²) in [7, 11) is 0. The van der Waals surface area contributed by atoms with E-state index in [1.807, 2.05) is 6.92 Å². The molecule has 0 fully saturated rings. The quantitative estimate of drug-likeness (QED) is 0.233. The van der Waals surface area contributed by atoms with E-state index in [4.69, 9.17) is 4.74 Å². The first kappa shape index (κ1) is 26.8. The Kier molecular flexibility index (Phi) is 12.1. The second-order valence-electron chi connectivity index (χ2n) is 6.17. The minimum absolute atomic E-state index is 0. The van der Waals surface area contributed by atoms with Gasteiger partial charge in [-0.1, -0.05) is 30.3 Å². The number of nitrogens with one attached hydrogen (secondary N) is 2. The summed E-state index contributed by atoms with van der Waals surface area (Å²) < 4.78 is 49.5. The third kappa shape index (κ3) is 8.44. The molecule has 0 radical (unpaired) electrons. The van der Waals surface area contributed by atoms with Gasteiger partial charge in [0.2, 0.25) is 0 Å². The highest BCUT2D eigenvalue weighted by molar-refractivity contribution is 14.0. The first-order valence-electron chi connectivity index (χ1n) is 9.60. The highest BCUT2D eigenvalue weighted by Gasteiger charge is 2.16. The van der Waals surface area contributed by atoms with Gasteiger partial charge in [-0.3, -0.25) is 0 Å². The number of aliphatic hydroxyl groups excluding tert-OH is 1. The summed E-state index contributed by atoms with van der Waals surface area (Å²) in [6.45, 7) is 1.44. The molecule has 0 aliphatic carbocycles. The van der Waals surface area contributed by atoms with Crippen molar-refractivity contribution in [2.24, 2.45) is 4.99 Å². The number of benzene rings is 2. The molecule has 2 rings (SSSR count). The highest BCUT2D eigenvalue weighted by Crippen LogP contribution is 2.33. The predicted molar refractivity (Wildman–Crippen MR) is 124 cm³/mol. The maximum Gasteiger partial charge on any atom is 0.387 e. The van der Waals surface area contributed by atoms with Crippen LogP contribution < -0.4 is 20.1 Å². The zero-order valence-electron chi connectivity index (χ0n) is 17.3. The van der Waals surface area contributed by atoms with E-state index in [0.29, 0.717) is 24.7 Å². The Hall–Kier alpha value is -2.21. The summed E-state index contributed by atoms with van der Waals surface area (Å²) in [6, 6.07) is 10.8. The molecule has 0 aliphatic heterocycles. The van der Waals surface area contributed by atoms with Gasteiger partial charge in [-0.25, -0.2) is 9.38 Å². The molecule has 0 bridgehead atoms. The van der Waals surface area contributed by atoms with Crippen molar-refractivity contribution in [3.05, 3.63) is 59.4 Å². The van der Waals surface area contributed by atoms with Crippen molar-refractivity contribution in [3.8, 4) is 11.5 Å². The molecule has 2 aromatic rings. The summed E-state index contributed by atoms with van der Waals surface area (Å²) in [5.74, 6) is -0.0354. The van der Waals surface area contributed by atoms with Gasteiger partial charge < -0.3 is 25.2 Å². The lowest BCUT2D eigenvalue weighted by Crippen LogP contribution is -2.39. The number of halogens is 4. The van der Waals surface area contributed by atoms with Gasteiger partial charge in [-0.05, 0) is 26.0 Å². The van der Waals surface area contributed by atoms with Crippen molar-refractivity contribution in [1.82, 2.24) is 10.6 Å². The number of guanidine groups is 1. The van der Waals surface area contributed by atoms with Gasteiger partial charge in [0.15, 0.2) is 17.5 Å². The number of ether oxygens (including phenoxy) is 2. The number of alkyl halides is 2. The van der Waals surface area contributed by atoms with Gasteiger partial charge in [-0.2, -0.15) is 8.78 Å². The number of hydrogen-bond donors (Lipinski definition) is 3. The molecule has 0 amide bonds. The van der Waals surface area contributed by atoms with Gasteiger partial charge in [0.1, 0.15) is 5.82 Å². The minimum Gasteiger partial charge on any atom is -0.490 e. The van der Waals surface area contributed by atoms with Crippen LogP contribution in [-0.2, 0) is 6.54 Å². The van der Waals surface area contributed by atoms with Crippen LogP contribution in [0.25, 0.3) is 0 Å². The molecular formula is C21H27F3IN3O3. The predicted octanol–water partition coefficient (Wildman–Crippen LogP) is 4.23. The molecule has 2 aromatic carbocycles. The van der Waals surface area contributed by atoms with Crippen LogP contribution in [0.4, 0.5) is 13.2 Å². The summed E-state index contributed by atoms with van der Waals surface area (Å²) in [5.41, 5.74) is 0.575. The molecule has 172 valence electrons. The molecule has 0 spiro atoms. The second kappa shape index (κ2) is 14.0. The van der Waals surface area contributed by atoms with Crippen LogP contribution in [0.5, 0.6) is 11.5 Å². The SMILES string of the molecule is CCNC(=NCc1cccc(OCC)c1OC(F)F)NCC(O)c1ccccc1F.I. The molecule has 0 saturated heterocycles. The number of aliphatic imine (C=N–C) groups is 1. The molecule has 31 heavy (non-hydrogen) atoms. The van der Waals surface area contributed by atoms with E-state index in [2.05, 4.69) is 20.4 Å². The van der Waals surface area contributed by atoms with Gasteiger partial charge in [0, 0.05) is 24.2 Å². The molecule has 3 N–H and O–H groups in total. The maximum atomic E-state index is 13.8. The number of nitrogens with zero attached hydrogens (tertiary/aromatic N) is 1. The first-order valence-corrected chi connectivity index (χ1v) is 9.60. The van der Waals surface area contributed by atoms with Crippen molar-refractivity contribution < 1.29 is 27.8 Å². The van der Waals surface area contributed by atoms with E-state index in [0.717, 1.165) is 0 Å². The first-order chi connectivity index (χ1) is 14.5. The van der Waals surface area contributed by atoms with Crippen molar-refractivity contribution in [2.75, 3.05) is 19.7 Å². The minimum atomic E-state index is -3.00. The average Bonchev–Trinajstić information content (AvgIpc) is 2.72. The van der Waals surface area contributed by atoms with Gasteiger partial charge in [0.25, 0.3) is 0 Å². The van der Waals surface area contributed by atoms with E-state index in [9.17, 15) is 18.3 Å². The normalized spacial score (nSPS) is 12.2. The average molecular weight is 553 g/mol. The van der Waals surface area contributed by atoms with Crippen LogP contribution in [-0.4, -0.2) is 37.4 Å². The molecule has 1 unspecified atom stereocenters. The van der Waals surface area contributed by atoms with Gasteiger partial charge >= 0.3 is 6.61 Å². The van der Waals surface area contributed by atoms with E-state index in [1.54, 1.807) is 37.3 Å². The standard InChI is InChI=1S/C21H26F3N3O3.HI/c1-3-25-21(27-13-17(28)15-9-5-6-10-16(15)22)26-12-14-8-7-11-18(29-4-2)19(14)30-20(23)24;/h5-11,17,20,28H,3-4,12-13H2,1-2H3,(H2,25,26,27);1H. The summed E-state index contributed by atoms with van der Waals surface area (Å²) in [5, 5.41) is 16.1. The Morgan fingerprint density at radius 3 is 2.48 bits per heavy atom. The Bertz CT molecular complexity index is 841. The van der Waals surface area contributed by atoms with E-state index in [1.165, 1.54) is 12.1 Å². The fourth-order valence-corrected chi connectivity index (χ4v) is 2.73. The fourth-order valence-electron chi connectivity index (χ4n) is 2.73. The lowest BCUT2D eigenvalue weighted by atomic mass is 10.1. The largest absolute Gasteiger partial charge is 0.490 e. The summed E-state index contributed by atoms with van der Waals surface area (Å²) in [6.07, 6.45) is -1.09. The Morgan fingerprint density at radius 1 is 1.10 bits per heavy atom. The Morgan fingerprint density at radius 2 is 1.84 bits per heavy atom. The molecule has 0 aliphatic rings. The maximum absolute atomic E-state index is 13.8. The lowest BCUT2D eigenvalue weighted by Gasteiger charge is -2.17. The van der Waals surface area contributed by atoms with E-state index < -0.39 is 18.5 Å². The number of aliphatic hydroxyl groups is 1. The number of hydrogen-bond acceptors (Lipinski definition) is 4. The van der Waals surface area contributed by atoms with Crippen LogP contribution in [0, 0.1) is 5.82 Å². The monoisotopic (exact) mass is 553 g/mol. The molecule has 1 atom stereocenters. The molecule has 0 aromatic heterocycles. The third-order valence-corrected chi connectivity index (χ3v) is 4.05. The van der Waals surface area contributed by atoms with E-state index >= 15 is 0 Å². The Balaban J connectivity index is 0.00000480. The zero-order chi connectivity index (χ0) is 21.9.